The molecular formula is C14H17BrClNO2. The van der Waals surface area contributed by atoms with Crippen LogP contribution in [0.4, 0.5) is 0 Å². The highest BCUT2D eigenvalue weighted by Gasteiger charge is 2.28. The van der Waals surface area contributed by atoms with E-state index >= 15 is 0 Å². The van der Waals surface area contributed by atoms with E-state index in [-0.39, 0.29) is 17.9 Å². The second kappa shape index (κ2) is 6.25. The lowest BCUT2D eigenvalue weighted by Crippen LogP contribution is -2.43. The minimum absolute atomic E-state index is 0.0587. The monoisotopic (exact) mass is 345 g/mol. The van der Waals surface area contributed by atoms with Gasteiger partial charge in [-0.2, -0.15) is 0 Å². The van der Waals surface area contributed by atoms with Gasteiger partial charge in [0.05, 0.1) is 16.7 Å². The quantitative estimate of drug-likeness (QED) is 0.892. The van der Waals surface area contributed by atoms with Gasteiger partial charge in [-0.1, -0.05) is 17.7 Å². The first kappa shape index (κ1) is 14.8. The van der Waals surface area contributed by atoms with Crippen LogP contribution in [0.15, 0.2) is 22.7 Å². The second-order valence-corrected chi connectivity index (χ2v) is 6.23. The number of halogens is 2. The fourth-order valence-corrected chi connectivity index (χ4v) is 3.00. The number of rotatable bonds is 2. The number of nitrogens with zero attached hydrogens (tertiary/aromatic N) is 1. The molecule has 1 saturated heterocycles. The number of carbonyl (C=O) groups is 1. The van der Waals surface area contributed by atoms with Gasteiger partial charge in [-0.3, -0.25) is 4.79 Å². The Kier molecular flexibility index (Phi) is 4.87. The molecule has 104 valence electrons. The van der Waals surface area contributed by atoms with Crippen molar-refractivity contribution >= 4 is 33.4 Å². The average molecular weight is 347 g/mol. The van der Waals surface area contributed by atoms with Crippen LogP contribution < -0.4 is 0 Å². The summed E-state index contributed by atoms with van der Waals surface area (Å²) in [7, 11) is 0. The Balaban J connectivity index is 2.17. The van der Waals surface area contributed by atoms with Crippen LogP contribution in [0.25, 0.3) is 0 Å². The van der Waals surface area contributed by atoms with Crippen molar-refractivity contribution in [3.63, 3.8) is 0 Å². The molecule has 0 aromatic heterocycles. The fraction of sp³-hybridized carbons (Fsp3) is 0.500. The SMILES string of the molecule is C[C@@H](O)[C@H]1CCCN(C(=O)c2cccc(Br)c2Cl)C1. The zero-order chi connectivity index (χ0) is 14.0. The van der Waals surface area contributed by atoms with E-state index in [1.54, 1.807) is 24.0 Å². The highest BCUT2D eigenvalue weighted by atomic mass is 79.9. The van der Waals surface area contributed by atoms with E-state index in [4.69, 9.17) is 11.6 Å². The molecule has 5 heteroatoms. The normalized spacial score (nSPS) is 21.3. The van der Waals surface area contributed by atoms with E-state index in [9.17, 15) is 9.90 Å². The highest BCUT2D eigenvalue weighted by molar-refractivity contribution is 9.10. The van der Waals surface area contributed by atoms with Gasteiger partial charge in [0.2, 0.25) is 0 Å². The lowest BCUT2D eigenvalue weighted by molar-refractivity contribution is 0.0466. The largest absolute Gasteiger partial charge is 0.393 e. The maximum Gasteiger partial charge on any atom is 0.255 e. The third-order valence-corrected chi connectivity index (χ3v) is 4.91. The third kappa shape index (κ3) is 3.30. The van der Waals surface area contributed by atoms with E-state index < -0.39 is 0 Å². The Labute approximate surface area is 126 Å². The summed E-state index contributed by atoms with van der Waals surface area (Å²) in [6, 6.07) is 5.36. The zero-order valence-electron chi connectivity index (χ0n) is 10.8. The molecule has 3 nitrogen and oxygen atoms in total. The number of carbonyl (C=O) groups excluding carboxylic acids is 1. The topological polar surface area (TPSA) is 40.5 Å². The number of hydrogen-bond acceptors (Lipinski definition) is 2. The van der Waals surface area contributed by atoms with Gasteiger partial charge in [0.25, 0.3) is 5.91 Å². The Morgan fingerprint density at radius 1 is 1.58 bits per heavy atom. The van der Waals surface area contributed by atoms with Gasteiger partial charge >= 0.3 is 0 Å². The number of aliphatic hydroxyl groups is 1. The van der Waals surface area contributed by atoms with Crippen molar-refractivity contribution in [1.29, 1.82) is 0 Å². The van der Waals surface area contributed by atoms with Gasteiger partial charge in [-0.15, -0.1) is 0 Å². The molecule has 1 aliphatic rings. The van der Waals surface area contributed by atoms with Gasteiger partial charge < -0.3 is 10.0 Å². The standard InChI is InChI=1S/C14H17BrClNO2/c1-9(18)10-4-3-7-17(8-10)14(19)11-5-2-6-12(15)13(11)16/h2,5-6,9-10,18H,3-4,7-8H2,1H3/t9-,10+/m1/s1. The first-order chi connectivity index (χ1) is 9.00. The summed E-state index contributed by atoms with van der Waals surface area (Å²) in [6.07, 6.45) is 1.51. The van der Waals surface area contributed by atoms with Crippen LogP contribution in [0, 0.1) is 5.92 Å². The Hall–Kier alpha value is -0.580. The molecule has 1 amide bonds. The lowest BCUT2D eigenvalue weighted by Gasteiger charge is -2.34. The Bertz CT molecular complexity index is 479. The number of piperidine rings is 1. The van der Waals surface area contributed by atoms with Crippen molar-refractivity contribution in [2.45, 2.75) is 25.9 Å². The predicted octanol–water partition coefficient (Wildman–Crippen LogP) is 3.34. The van der Waals surface area contributed by atoms with E-state index in [0.717, 1.165) is 23.9 Å². The molecule has 2 atom stereocenters. The van der Waals surface area contributed by atoms with Crippen LogP contribution in [-0.2, 0) is 0 Å². The van der Waals surface area contributed by atoms with Gasteiger partial charge in [-0.05, 0) is 47.8 Å². The summed E-state index contributed by atoms with van der Waals surface area (Å²) < 4.78 is 0.726. The van der Waals surface area contributed by atoms with Crippen molar-refractivity contribution in [2.75, 3.05) is 13.1 Å². The molecule has 1 heterocycles. The molecule has 0 spiro atoms. The summed E-state index contributed by atoms with van der Waals surface area (Å²) in [5.41, 5.74) is 0.516. The number of aliphatic hydroxyl groups excluding tert-OH is 1. The average Bonchev–Trinajstić information content (AvgIpc) is 2.41. The lowest BCUT2D eigenvalue weighted by atomic mass is 9.93. The molecular weight excluding hydrogens is 330 g/mol. The minimum Gasteiger partial charge on any atom is -0.393 e. The van der Waals surface area contributed by atoms with E-state index in [1.807, 2.05) is 6.07 Å². The van der Waals surface area contributed by atoms with Gasteiger partial charge in [-0.25, -0.2) is 0 Å². The molecule has 0 radical (unpaired) electrons. The molecule has 1 aliphatic heterocycles. The molecule has 1 fully saturated rings. The summed E-state index contributed by atoms with van der Waals surface area (Å²) >= 11 is 9.49. The first-order valence-electron chi connectivity index (χ1n) is 6.42. The number of hydrogen-bond donors (Lipinski definition) is 1. The fourth-order valence-electron chi connectivity index (χ4n) is 2.43. The Morgan fingerprint density at radius 3 is 3.00 bits per heavy atom. The smallest absolute Gasteiger partial charge is 0.255 e. The molecule has 1 aromatic rings. The number of likely N-dealkylation sites (tertiary alicyclic amines) is 1. The third-order valence-electron chi connectivity index (χ3n) is 3.61. The van der Waals surface area contributed by atoms with Crippen molar-refractivity contribution in [1.82, 2.24) is 4.90 Å². The van der Waals surface area contributed by atoms with E-state index in [1.165, 1.54) is 0 Å². The van der Waals surface area contributed by atoms with Crippen LogP contribution in [0.3, 0.4) is 0 Å². The number of benzene rings is 1. The second-order valence-electron chi connectivity index (χ2n) is 5.00. The van der Waals surface area contributed by atoms with Crippen molar-refractivity contribution in [3.8, 4) is 0 Å². The maximum atomic E-state index is 12.5. The molecule has 2 rings (SSSR count). The summed E-state index contributed by atoms with van der Waals surface area (Å²) in [6.45, 7) is 3.11. The molecule has 0 saturated carbocycles. The van der Waals surface area contributed by atoms with Crippen LogP contribution >= 0.6 is 27.5 Å². The molecule has 1 aromatic carbocycles. The van der Waals surface area contributed by atoms with Crippen LogP contribution in [0.2, 0.25) is 5.02 Å². The van der Waals surface area contributed by atoms with Crippen molar-refractivity contribution in [2.24, 2.45) is 5.92 Å². The number of amides is 1. The predicted molar refractivity (Wildman–Crippen MR) is 79.5 cm³/mol. The molecule has 1 N–H and O–H groups in total. The van der Waals surface area contributed by atoms with Crippen molar-refractivity contribution < 1.29 is 9.90 Å². The van der Waals surface area contributed by atoms with E-state index in [2.05, 4.69) is 15.9 Å². The minimum atomic E-state index is -0.381. The molecule has 19 heavy (non-hydrogen) atoms. The van der Waals surface area contributed by atoms with Crippen LogP contribution in [0.1, 0.15) is 30.1 Å². The molecule has 0 bridgehead atoms. The summed E-state index contributed by atoms with van der Waals surface area (Å²) in [5.74, 6) is 0.0975. The summed E-state index contributed by atoms with van der Waals surface area (Å²) in [4.78, 5) is 14.3. The van der Waals surface area contributed by atoms with Gasteiger partial charge in [0.1, 0.15) is 0 Å². The van der Waals surface area contributed by atoms with Crippen LogP contribution in [0.5, 0.6) is 0 Å². The first-order valence-corrected chi connectivity index (χ1v) is 7.59. The van der Waals surface area contributed by atoms with Crippen LogP contribution in [-0.4, -0.2) is 35.1 Å². The van der Waals surface area contributed by atoms with E-state index in [0.29, 0.717) is 17.1 Å². The van der Waals surface area contributed by atoms with Gasteiger partial charge in [0, 0.05) is 23.5 Å². The molecule has 0 aliphatic carbocycles. The van der Waals surface area contributed by atoms with Crippen molar-refractivity contribution in [3.05, 3.63) is 33.3 Å². The zero-order valence-corrected chi connectivity index (χ0v) is 13.1. The highest BCUT2D eigenvalue weighted by Crippen LogP contribution is 2.28. The van der Waals surface area contributed by atoms with Gasteiger partial charge in [0.15, 0.2) is 0 Å². The molecule has 0 unspecified atom stereocenters. The Morgan fingerprint density at radius 2 is 2.32 bits per heavy atom. The maximum absolute atomic E-state index is 12.5. The summed E-state index contributed by atoms with van der Waals surface area (Å²) in [5, 5.41) is 10.1.